The minimum absolute atomic E-state index is 0.162. The molecule has 14 heavy (non-hydrogen) atoms. The van der Waals surface area contributed by atoms with E-state index in [1.54, 1.807) is 0 Å². The number of nitrogens with zero attached hydrogens (tertiary/aromatic N) is 2. The van der Waals surface area contributed by atoms with Crippen LogP contribution in [0.3, 0.4) is 0 Å². The molecule has 0 bridgehead atoms. The van der Waals surface area contributed by atoms with Crippen molar-refractivity contribution in [1.82, 2.24) is 10.3 Å². The normalized spacial score (nSPS) is 25.5. The van der Waals surface area contributed by atoms with Crippen LogP contribution >= 0.6 is 0 Å². The Morgan fingerprint density at radius 3 is 2.86 bits per heavy atom. The number of rotatable bonds is 3. The van der Waals surface area contributed by atoms with E-state index >= 15 is 0 Å². The Balaban J connectivity index is 2.02. The quantitative estimate of drug-likeness (QED) is 0.375. The number of nitrogen functional groups attached to an aromatic ring is 1. The van der Waals surface area contributed by atoms with Crippen molar-refractivity contribution in [3.8, 4) is 0 Å². The second-order valence-corrected chi connectivity index (χ2v) is 3.34. The maximum absolute atomic E-state index is 9.06. The molecule has 5 N–H and O–H groups in total. The number of hydrogen-bond donors (Lipinski definition) is 4. The third kappa shape index (κ3) is 1.53. The molecule has 1 saturated carbocycles. The molecule has 0 atom stereocenters. The molecular formula is C7H11N5O2. The third-order valence-electron chi connectivity index (χ3n) is 2.20. The van der Waals surface area contributed by atoms with Crippen molar-refractivity contribution in [3.63, 3.8) is 0 Å². The van der Waals surface area contributed by atoms with Crippen LogP contribution in [0.2, 0.25) is 0 Å². The van der Waals surface area contributed by atoms with E-state index in [1.165, 1.54) is 0 Å². The standard InChI is InChI=1S/C7H11N5O2/c8-6(9)5-7(12-14-11-5)10-3-1-4(13)2-3/h3-4,13H,1-2H2,(H3,8,9)(H,10,12). The number of hydrogen-bond acceptors (Lipinski definition) is 6. The van der Waals surface area contributed by atoms with E-state index in [1.807, 2.05) is 0 Å². The number of nitrogens with one attached hydrogen (secondary N) is 2. The fourth-order valence-corrected chi connectivity index (χ4v) is 1.36. The molecule has 0 saturated heterocycles. The molecule has 0 amide bonds. The minimum Gasteiger partial charge on any atom is -0.393 e. The maximum Gasteiger partial charge on any atom is 0.202 e. The van der Waals surface area contributed by atoms with Crippen LogP contribution in [0.4, 0.5) is 5.82 Å². The van der Waals surface area contributed by atoms with E-state index in [-0.39, 0.29) is 23.7 Å². The fraction of sp³-hybridized carbons (Fsp3) is 0.571. The average molecular weight is 197 g/mol. The van der Waals surface area contributed by atoms with E-state index in [4.69, 9.17) is 16.2 Å². The highest BCUT2D eigenvalue weighted by Gasteiger charge is 2.29. The van der Waals surface area contributed by atoms with Crippen LogP contribution in [0.1, 0.15) is 18.5 Å². The van der Waals surface area contributed by atoms with Crippen LogP contribution in [0, 0.1) is 5.41 Å². The SMILES string of the molecule is N=C(N)c1nonc1NC1CC(O)C1. The van der Waals surface area contributed by atoms with Crippen molar-refractivity contribution >= 4 is 11.7 Å². The summed E-state index contributed by atoms with van der Waals surface area (Å²) in [6.45, 7) is 0. The lowest BCUT2D eigenvalue weighted by atomic mass is 9.89. The van der Waals surface area contributed by atoms with Crippen LogP contribution in [0.15, 0.2) is 4.63 Å². The summed E-state index contributed by atoms with van der Waals surface area (Å²) in [6, 6.07) is 0.162. The molecule has 1 aliphatic rings. The third-order valence-corrected chi connectivity index (χ3v) is 2.20. The van der Waals surface area contributed by atoms with Gasteiger partial charge in [0, 0.05) is 6.04 Å². The Labute approximate surface area is 79.8 Å². The molecule has 1 heterocycles. The largest absolute Gasteiger partial charge is 0.393 e. The summed E-state index contributed by atoms with van der Waals surface area (Å²) in [5.41, 5.74) is 5.47. The van der Waals surface area contributed by atoms with Gasteiger partial charge in [-0.15, -0.1) is 0 Å². The lowest BCUT2D eigenvalue weighted by Gasteiger charge is -2.31. The first-order chi connectivity index (χ1) is 6.66. The molecule has 7 nitrogen and oxygen atoms in total. The lowest BCUT2D eigenvalue weighted by Crippen LogP contribution is -2.39. The summed E-state index contributed by atoms with van der Waals surface area (Å²) in [5.74, 6) is 0.183. The summed E-state index contributed by atoms with van der Waals surface area (Å²) >= 11 is 0. The van der Waals surface area contributed by atoms with Gasteiger partial charge in [0.2, 0.25) is 5.82 Å². The predicted molar refractivity (Wildman–Crippen MR) is 48.0 cm³/mol. The Hall–Kier alpha value is -1.63. The molecule has 1 aliphatic carbocycles. The number of aromatic nitrogens is 2. The van der Waals surface area contributed by atoms with E-state index < -0.39 is 0 Å². The van der Waals surface area contributed by atoms with Crippen molar-refractivity contribution in [1.29, 1.82) is 5.41 Å². The molecule has 76 valence electrons. The van der Waals surface area contributed by atoms with Gasteiger partial charge in [0.1, 0.15) is 5.84 Å². The first-order valence-electron chi connectivity index (χ1n) is 4.28. The Bertz CT molecular complexity index is 344. The Morgan fingerprint density at radius 2 is 2.29 bits per heavy atom. The van der Waals surface area contributed by atoms with Gasteiger partial charge in [0.25, 0.3) is 0 Å². The molecular weight excluding hydrogens is 186 g/mol. The van der Waals surface area contributed by atoms with Crippen LogP contribution in [0.5, 0.6) is 0 Å². The molecule has 0 spiro atoms. The van der Waals surface area contributed by atoms with Crippen molar-refractivity contribution in [2.45, 2.75) is 25.0 Å². The van der Waals surface area contributed by atoms with E-state index in [0.29, 0.717) is 18.7 Å². The van der Waals surface area contributed by atoms with E-state index in [0.717, 1.165) is 0 Å². The summed E-state index contributed by atoms with van der Waals surface area (Å²) < 4.78 is 4.46. The molecule has 2 rings (SSSR count). The zero-order valence-corrected chi connectivity index (χ0v) is 7.40. The van der Waals surface area contributed by atoms with Gasteiger partial charge in [-0.05, 0) is 23.2 Å². The molecule has 1 aromatic heterocycles. The Kier molecular flexibility index (Phi) is 2.08. The second-order valence-electron chi connectivity index (χ2n) is 3.34. The highest BCUT2D eigenvalue weighted by atomic mass is 16.6. The van der Waals surface area contributed by atoms with Gasteiger partial charge in [-0.1, -0.05) is 0 Å². The number of amidine groups is 1. The van der Waals surface area contributed by atoms with Gasteiger partial charge in [-0.3, -0.25) is 5.41 Å². The van der Waals surface area contributed by atoms with Gasteiger partial charge >= 0.3 is 0 Å². The zero-order valence-electron chi connectivity index (χ0n) is 7.40. The van der Waals surface area contributed by atoms with Crippen LogP contribution in [0.25, 0.3) is 0 Å². The zero-order chi connectivity index (χ0) is 10.1. The number of aliphatic hydroxyl groups excluding tert-OH is 1. The smallest absolute Gasteiger partial charge is 0.202 e. The topological polar surface area (TPSA) is 121 Å². The molecule has 0 unspecified atom stereocenters. The molecule has 1 aromatic rings. The van der Waals surface area contributed by atoms with Gasteiger partial charge in [-0.2, -0.15) is 0 Å². The monoisotopic (exact) mass is 197 g/mol. The maximum atomic E-state index is 9.06. The molecule has 7 heteroatoms. The van der Waals surface area contributed by atoms with Crippen LogP contribution in [-0.2, 0) is 0 Å². The van der Waals surface area contributed by atoms with Gasteiger partial charge in [-0.25, -0.2) is 4.63 Å². The van der Waals surface area contributed by atoms with Crippen LogP contribution < -0.4 is 11.1 Å². The minimum atomic E-state index is -0.242. The summed E-state index contributed by atoms with van der Waals surface area (Å²) in [4.78, 5) is 0. The van der Waals surface area contributed by atoms with Crippen molar-refractivity contribution in [3.05, 3.63) is 5.69 Å². The number of anilines is 1. The second kappa shape index (κ2) is 3.26. The van der Waals surface area contributed by atoms with Crippen LogP contribution in [-0.4, -0.2) is 33.4 Å². The lowest BCUT2D eigenvalue weighted by molar-refractivity contribution is 0.0834. The highest BCUT2D eigenvalue weighted by molar-refractivity contribution is 5.97. The first kappa shape index (κ1) is 8.95. The van der Waals surface area contributed by atoms with Crippen molar-refractivity contribution in [2.75, 3.05) is 5.32 Å². The fourth-order valence-electron chi connectivity index (χ4n) is 1.36. The van der Waals surface area contributed by atoms with Gasteiger partial charge in [0.15, 0.2) is 5.69 Å². The molecule has 0 aromatic carbocycles. The average Bonchev–Trinajstić information content (AvgIpc) is 2.49. The first-order valence-corrected chi connectivity index (χ1v) is 4.28. The van der Waals surface area contributed by atoms with Crippen molar-refractivity contribution in [2.24, 2.45) is 5.73 Å². The van der Waals surface area contributed by atoms with Crippen molar-refractivity contribution < 1.29 is 9.74 Å². The summed E-state index contributed by atoms with van der Waals surface area (Å²) in [5, 5.41) is 26.3. The highest BCUT2D eigenvalue weighted by Crippen LogP contribution is 2.24. The summed E-state index contributed by atoms with van der Waals surface area (Å²) in [7, 11) is 0. The molecule has 0 aliphatic heterocycles. The van der Waals surface area contributed by atoms with E-state index in [9.17, 15) is 0 Å². The van der Waals surface area contributed by atoms with Gasteiger partial charge in [0.05, 0.1) is 6.10 Å². The molecule has 0 radical (unpaired) electrons. The number of nitrogens with two attached hydrogens (primary N) is 1. The van der Waals surface area contributed by atoms with Gasteiger partial charge < -0.3 is 16.2 Å². The molecule has 1 fully saturated rings. The predicted octanol–water partition coefficient (Wildman–Crippen LogP) is -0.711. The Morgan fingerprint density at radius 1 is 1.57 bits per heavy atom. The summed E-state index contributed by atoms with van der Waals surface area (Å²) in [6.07, 6.45) is 1.10. The number of aliphatic hydroxyl groups is 1. The van der Waals surface area contributed by atoms with E-state index in [2.05, 4.69) is 20.3 Å².